The molecule has 1 aliphatic carbocycles. The summed E-state index contributed by atoms with van der Waals surface area (Å²) in [5.74, 6) is 0.275. The van der Waals surface area contributed by atoms with Crippen LogP contribution < -0.4 is 5.32 Å². The SMILES string of the molecule is CC(C)Nc1ccc(C(=O)C2CCCc3ccccc32)cc1. The van der Waals surface area contributed by atoms with Crippen molar-refractivity contribution in [1.29, 1.82) is 0 Å². The Kier molecular flexibility index (Phi) is 4.28. The molecule has 0 fully saturated rings. The molecule has 0 spiro atoms. The summed E-state index contributed by atoms with van der Waals surface area (Å²) in [5.41, 5.74) is 4.44. The standard InChI is InChI=1S/C20H23NO/c1-14(2)21-17-12-10-16(11-13-17)20(22)19-9-5-7-15-6-3-4-8-18(15)19/h3-4,6,8,10-14,19,21H,5,7,9H2,1-2H3. The number of carbonyl (C=O) groups is 1. The van der Waals surface area contributed by atoms with Crippen LogP contribution in [0.15, 0.2) is 48.5 Å². The van der Waals surface area contributed by atoms with Gasteiger partial charge >= 0.3 is 0 Å². The minimum atomic E-state index is 0.0221. The number of aryl methyl sites for hydroxylation is 1. The first-order valence-electron chi connectivity index (χ1n) is 8.14. The van der Waals surface area contributed by atoms with Gasteiger partial charge in [0, 0.05) is 23.2 Å². The molecule has 0 aromatic heterocycles. The fraction of sp³-hybridized carbons (Fsp3) is 0.350. The molecule has 1 N–H and O–H groups in total. The number of carbonyl (C=O) groups excluding carboxylic acids is 1. The van der Waals surface area contributed by atoms with Gasteiger partial charge in [0.15, 0.2) is 5.78 Å². The van der Waals surface area contributed by atoms with E-state index in [4.69, 9.17) is 0 Å². The number of benzene rings is 2. The van der Waals surface area contributed by atoms with Gasteiger partial charge in [0.25, 0.3) is 0 Å². The van der Waals surface area contributed by atoms with Crippen molar-refractivity contribution in [2.24, 2.45) is 0 Å². The number of ketones is 1. The molecule has 1 atom stereocenters. The molecule has 1 unspecified atom stereocenters. The van der Waals surface area contributed by atoms with Gasteiger partial charge in [0.1, 0.15) is 0 Å². The highest BCUT2D eigenvalue weighted by molar-refractivity contribution is 6.01. The zero-order valence-corrected chi connectivity index (χ0v) is 13.3. The summed E-state index contributed by atoms with van der Waals surface area (Å²) < 4.78 is 0. The largest absolute Gasteiger partial charge is 0.383 e. The van der Waals surface area contributed by atoms with Gasteiger partial charge in [0.05, 0.1) is 0 Å². The molecule has 0 bridgehead atoms. The van der Waals surface area contributed by atoms with Crippen LogP contribution in [0.1, 0.15) is 54.1 Å². The molecule has 2 heteroatoms. The van der Waals surface area contributed by atoms with Crippen LogP contribution in [0.5, 0.6) is 0 Å². The van der Waals surface area contributed by atoms with E-state index in [2.05, 4.69) is 37.4 Å². The van der Waals surface area contributed by atoms with E-state index < -0.39 is 0 Å². The van der Waals surface area contributed by atoms with Crippen LogP contribution in [-0.4, -0.2) is 11.8 Å². The van der Waals surface area contributed by atoms with Gasteiger partial charge < -0.3 is 5.32 Å². The quantitative estimate of drug-likeness (QED) is 0.820. The number of nitrogens with one attached hydrogen (secondary N) is 1. The third-order valence-corrected chi connectivity index (χ3v) is 4.31. The van der Waals surface area contributed by atoms with Crippen molar-refractivity contribution in [3.05, 3.63) is 65.2 Å². The molecule has 0 saturated heterocycles. The van der Waals surface area contributed by atoms with Gasteiger partial charge in [-0.25, -0.2) is 0 Å². The minimum Gasteiger partial charge on any atom is -0.383 e. The molecule has 114 valence electrons. The van der Waals surface area contributed by atoms with E-state index in [1.165, 1.54) is 11.1 Å². The molecule has 0 amide bonds. The fourth-order valence-corrected chi connectivity index (χ4v) is 3.29. The lowest BCUT2D eigenvalue weighted by Gasteiger charge is -2.24. The van der Waals surface area contributed by atoms with E-state index in [1.54, 1.807) is 0 Å². The van der Waals surface area contributed by atoms with Gasteiger partial charge in [0.2, 0.25) is 0 Å². The number of anilines is 1. The number of Topliss-reactive ketones (excluding diaryl/α,β-unsaturated/α-hetero) is 1. The van der Waals surface area contributed by atoms with Gasteiger partial charge in [-0.15, -0.1) is 0 Å². The van der Waals surface area contributed by atoms with Crippen LogP contribution in [0, 0.1) is 0 Å². The van der Waals surface area contributed by atoms with E-state index in [9.17, 15) is 4.79 Å². The highest BCUT2D eigenvalue weighted by atomic mass is 16.1. The summed E-state index contributed by atoms with van der Waals surface area (Å²) in [5, 5.41) is 3.35. The predicted octanol–water partition coefficient (Wildman–Crippen LogP) is 4.81. The zero-order chi connectivity index (χ0) is 15.5. The van der Waals surface area contributed by atoms with Crippen LogP contribution in [-0.2, 0) is 6.42 Å². The van der Waals surface area contributed by atoms with E-state index in [-0.39, 0.29) is 11.7 Å². The Balaban J connectivity index is 1.83. The highest BCUT2D eigenvalue weighted by Gasteiger charge is 2.26. The average Bonchev–Trinajstić information content (AvgIpc) is 2.54. The zero-order valence-electron chi connectivity index (χ0n) is 13.3. The first-order chi connectivity index (χ1) is 10.6. The maximum Gasteiger partial charge on any atom is 0.170 e. The number of fused-ring (bicyclic) bond motifs is 1. The summed E-state index contributed by atoms with van der Waals surface area (Å²) in [4.78, 5) is 12.9. The number of rotatable bonds is 4. The fourth-order valence-electron chi connectivity index (χ4n) is 3.29. The van der Waals surface area contributed by atoms with Crippen LogP contribution in [0.4, 0.5) is 5.69 Å². The molecule has 2 aromatic carbocycles. The molecule has 0 heterocycles. The monoisotopic (exact) mass is 293 g/mol. The van der Waals surface area contributed by atoms with Gasteiger partial charge in [-0.05, 0) is 68.5 Å². The molecular weight excluding hydrogens is 270 g/mol. The Bertz CT molecular complexity index is 658. The predicted molar refractivity (Wildman–Crippen MR) is 91.7 cm³/mol. The third kappa shape index (κ3) is 3.06. The summed E-state index contributed by atoms with van der Waals surface area (Å²) in [6.45, 7) is 4.22. The van der Waals surface area contributed by atoms with Crippen LogP contribution in [0.2, 0.25) is 0 Å². The van der Waals surface area contributed by atoms with Crippen molar-refractivity contribution in [3.63, 3.8) is 0 Å². The summed E-state index contributed by atoms with van der Waals surface area (Å²) in [6, 6.07) is 16.7. The van der Waals surface area contributed by atoms with E-state index >= 15 is 0 Å². The lowest BCUT2D eigenvalue weighted by Crippen LogP contribution is -2.18. The molecule has 2 nitrogen and oxygen atoms in total. The maximum atomic E-state index is 12.9. The summed E-state index contributed by atoms with van der Waals surface area (Å²) in [7, 11) is 0. The smallest absolute Gasteiger partial charge is 0.170 e. The Morgan fingerprint density at radius 2 is 1.82 bits per heavy atom. The molecule has 1 aliphatic rings. The van der Waals surface area contributed by atoms with Gasteiger partial charge in [-0.1, -0.05) is 24.3 Å². The second kappa shape index (κ2) is 6.35. The third-order valence-electron chi connectivity index (χ3n) is 4.31. The van der Waals surface area contributed by atoms with Crippen molar-refractivity contribution in [1.82, 2.24) is 0 Å². The van der Waals surface area contributed by atoms with E-state index in [1.807, 2.05) is 30.3 Å². The van der Waals surface area contributed by atoms with E-state index in [0.717, 1.165) is 30.5 Å². The molecule has 0 aliphatic heterocycles. The van der Waals surface area contributed by atoms with Crippen LogP contribution in [0.3, 0.4) is 0 Å². The lowest BCUT2D eigenvalue weighted by molar-refractivity contribution is 0.0951. The molecule has 0 radical (unpaired) electrons. The van der Waals surface area contributed by atoms with Crippen LogP contribution in [0.25, 0.3) is 0 Å². The lowest BCUT2D eigenvalue weighted by atomic mass is 9.79. The maximum absolute atomic E-state index is 12.9. The molecule has 0 saturated carbocycles. The summed E-state index contributed by atoms with van der Waals surface area (Å²) >= 11 is 0. The van der Waals surface area contributed by atoms with Crippen molar-refractivity contribution >= 4 is 11.5 Å². The highest BCUT2D eigenvalue weighted by Crippen LogP contribution is 2.34. The molecule has 22 heavy (non-hydrogen) atoms. The van der Waals surface area contributed by atoms with Crippen molar-refractivity contribution in [2.45, 2.75) is 45.1 Å². The first-order valence-corrected chi connectivity index (χ1v) is 8.14. The number of hydrogen-bond donors (Lipinski definition) is 1. The first kappa shape index (κ1) is 14.8. The molecule has 2 aromatic rings. The van der Waals surface area contributed by atoms with Gasteiger partial charge in [-0.3, -0.25) is 4.79 Å². The topological polar surface area (TPSA) is 29.1 Å². The van der Waals surface area contributed by atoms with Crippen molar-refractivity contribution in [2.75, 3.05) is 5.32 Å². The second-order valence-corrected chi connectivity index (χ2v) is 6.38. The van der Waals surface area contributed by atoms with Crippen molar-refractivity contribution < 1.29 is 4.79 Å². The molecular formula is C20H23NO. The Morgan fingerprint density at radius 1 is 1.09 bits per heavy atom. The van der Waals surface area contributed by atoms with Crippen molar-refractivity contribution in [3.8, 4) is 0 Å². The van der Waals surface area contributed by atoms with Gasteiger partial charge in [-0.2, -0.15) is 0 Å². The summed E-state index contributed by atoms with van der Waals surface area (Å²) in [6.07, 6.45) is 3.15. The second-order valence-electron chi connectivity index (χ2n) is 6.38. The molecule has 3 rings (SSSR count). The Labute approximate surface area is 132 Å². The Hall–Kier alpha value is -2.09. The Morgan fingerprint density at radius 3 is 2.55 bits per heavy atom. The van der Waals surface area contributed by atoms with E-state index in [0.29, 0.717) is 6.04 Å². The average molecular weight is 293 g/mol. The normalized spacial score (nSPS) is 17.1. The van der Waals surface area contributed by atoms with Crippen LogP contribution >= 0.6 is 0 Å². The minimum absolute atomic E-state index is 0.0221. The number of hydrogen-bond acceptors (Lipinski definition) is 2.